The van der Waals surface area contributed by atoms with E-state index in [2.05, 4.69) is 0 Å². The van der Waals surface area contributed by atoms with Gasteiger partial charge in [-0.1, -0.05) is 0 Å². The van der Waals surface area contributed by atoms with Gasteiger partial charge in [-0.15, -0.1) is 0 Å². The summed E-state index contributed by atoms with van der Waals surface area (Å²) < 4.78 is 10.5. The normalized spacial score (nSPS) is 35.5. The fourth-order valence-electron chi connectivity index (χ4n) is 1.62. The first-order chi connectivity index (χ1) is 6.16. The number of hydrogen-bond acceptors (Lipinski definition) is 4. The predicted molar refractivity (Wildman–Crippen MR) is 46.0 cm³/mol. The van der Waals surface area contributed by atoms with Crippen LogP contribution in [-0.2, 0) is 14.3 Å². The Bertz CT molecular complexity index is 260. The standard InChI is InChI=1S/C9H13NO3/c1-10(2)4-6-3-7-5-12-9(13-7)8(6)11/h4,7,9H,3,5H2,1-2H3/b6-4+. The van der Waals surface area contributed by atoms with Crippen molar-refractivity contribution in [2.45, 2.75) is 18.8 Å². The molecule has 2 fully saturated rings. The lowest BCUT2D eigenvalue weighted by Gasteiger charge is -2.20. The Morgan fingerprint density at radius 3 is 3.00 bits per heavy atom. The second-order valence-corrected chi connectivity index (χ2v) is 3.61. The summed E-state index contributed by atoms with van der Waals surface area (Å²) in [7, 11) is 3.80. The molecule has 2 bridgehead atoms. The van der Waals surface area contributed by atoms with Crippen molar-refractivity contribution in [2.24, 2.45) is 0 Å². The largest absolute Gasteiger partial charge is 0.383 e. The van der Waals surface area contributed by atoms with Crippen LogP contribution in [0.25, 0.3) is 0 Å². The highest BCUT2D eigenvalue weighted by Gasteiger charge is 2.39. The van der Waals surface area contributed by atoms with Gasteiger partial charge in [0.25, 0.3) is 0 Å². The fourth-order valence-corrected chi connectivity index (χ4v) is 1.62. The molecule has 2 saturated heterocycles. The predicted octanol–water partition coefficient (Wildman–Crippen LogP) is 0.146. The maximum absolute atomic E-state index is 11.6. The van der Waals surface area contributed by atoms with Crippen LogP contribution in [0.4, 0.5) is 0 Å². The molecule has 0 radical (unpaired) electrons. The van der Waals surface area contributed by atoms with Crippen molar-refractivity contribution >= 4 is 5.78 Å². The number of nitrogens with zero attached hydrogens (tertiary/aromatic N) is 1. The number of rotatable bonds is 1. The average molecular weight is 183 g/mol. The van der Waals surface area contributed by atoms with Crippen LogP contribution in [0, 0.1) is 0 Å². The number of ketones is 1. The quantitative estimate of drug-likeness (QED) is 0.542. The molecule has 0 spiro atoms. The number of Topliss-reactive ketones (excluding diaryl/α,β-unsaturated/α-hetero) is 1. The molecule has 0 aromatic heterocycles. The third-order valence-corrected chi connectivity index (χ3v) is 2.14. The molecule has 2 rings (SSSR count). The van der Waals surface area contributed by atoms with E-state index in [1.54, 1.807) is 0 Å². The van der Waals surface area contributed by atoms with Crippen LogP contribution >= 0.6 is 0 Å². The molecular weight excluding hydrogens is 170 g/mol. The molecule has 0 amide bonds. The fraction of sp³-hybridized carbons (Fsp3) is 0.667. The van der Waals surface area contributed by atoms with Gasteiger partial charge in [-0.3, -0.25) is 4.79 Å². The number of hydrogen-bond donors (Lipinski definition) is 0. The van der Waals surface area contributed by atoms with E-state index >= 15 is 0 Å². The zero-order chi connectivity index (χ0) is 9.42. The number of fused-ring (bicyclic) bond motifs is 2. The molecule has 0 aromatic carbocycles. The first-order valence-electron chi connectivity index (χ1n) is 4.35. The molecule has 2 atom stereocenters. The monoisotopic (exact) mass is 183 g/mol. The maximum atomic E-state index is 11.6. The molecule has 72 valence electrons. The Hall–Kier alpha value is -0.870. The Morgan fingerprint density at radius 2 is 2.31 bits per heavy atom. The summed E-state index contributed by atoms with van der Waals surface area (Å²) in [6.45, 7) is 0.543. The van der Waals surface area contributed by atoms with Gasteiger partial charge >= 0.3 is 0 Å². The topological polar surface area (TPSA) is 38.8 Å². The van der Waals surface area contributed by atoms with Crippen LogP contribution in [0.1, 0.15) is 6.42 Å². The van der Waals surface area contributed by atoms with E-state index in [9.17, 15) is 4.79 Å². The highest BCUT2D eigenvalue weighted by atomic mass is 16.7. The molecule has 2 aliphatic heterocycles. The number of carbonyl (C=O) groups excluding carboxylic acids is 1. The van der Waals surface area contributed by atoms with Gasteiger partial charge in [0.1, 0.15) is 0 Å². The second kappa shape index (κ2) is 3.12. The highest BCUT2D eigenvalue weighted by Crippen LogP contribution is 2.27. The zero-order valence-electron chi connectivity index (χ0n) is 7.82. The lowest BCUT2D eigenvalue weighted by Crippen LogP contribution is -2.31. The SMILES string of the molecule is CN(C)/C=C1\CC2COC(O2)C1=O. The van der Waals surface area contributed by atoms with Gasteiger partial charge in [-0.2, -0.15) is 0 Å². The van der Waals surface area contributed by atoms with Crippen LogP contribution in [0.2, 0.25) is 0 Å². The summed E-state index contributed by atoms with van der Waals surface area (Å²) in [4.78, 5) is 13.4. The minimum Gasteiger partial charge on any atom is -0.383 e. The summed E-state index contributed by atoms with van der Waals surface area (Å²) in [6, 6.07) is 0. The summed E-state index contributed by atoms with van der Waals surface area (Å²) in [5, 5.41) is 0. The molecule has 0 aliphatic carbocycles. The van der Waals surface area contributed by atoms with Gasteiger partial charge in [0.05, 0.1) is 12.7 Å². The molecule has 0 aromatic rings. The van der Waals surface area contributed by atoms with Crippen molar-refractivity contribution in [1.82, 2.24) is 4.90 Å². The van der Waals surface area contributed by atoms with Crippen molar-refractivity contribution < 1.29 is 14.3 Å². The van der Waals surface area contributed by atoms with E-state index in [1.807, 2.05) is 25.2 Å². The molecule has 2 aliphatic rings. The van der Waals surface area contributed by atoms with Crippen LogP contribution in [0.15, 0.2) is 11.8 Å². The van der Waals surface area contributed by atoms with Crippen LogP contribution in [0.5, 0.6) is 0 Å². The van der Waals surface area contributed by atoms with Crippen molar-refractivity contribution in [3.05, 3.63) is 11.8 Å². The minimum absolute atomic E-state index is 0.0255. The third-order valence-electron chi connectivity index (χ3n) is 2.14. The van der Waals surface area contributed by atoms with Crippen molar-refractivity contribution in [3.8, 4) is 0 Å². The smallest absolute Gasteiger partial charge is 0.222 e. The minimum atomic E-state index is -0.634. The van der Waals surface area contributed by atoms with Gasteiger partial charge in [0.2, 0.25) is 12.1 Å². The van der Waals surface area contributed by atoms with E-state index in [1.165, 1.54) is 0 Å². The first kappa shape index (κ1) is 8.72. The molecule has 4 heteroatoms. The van der Waals surface area contributed by atoms with Gasteiger partial charge in [0, 0.05) is 32.3 Å². The summed E-state index contributed by atoms with van der Waals surface area (Å²) in [5.41, 5.74) is 0.809. The van der Waals surface area contributed by atoms with Crippen LogP contribution < -0.4 is 0 Å². The second-order valence-electron chi connectivity index (χ2n) is 3.61. The number of ether oxygens (including phenoxy) is 2. The van der Waals surface area contributed by atoms with E-state index < -0.39 is 6.29 Å². The maximum Gasteiger partial charge on any atom is 0.222 e. The molecule has 2 heterocycles. The van der Waals surface area contributed by atoms with Crippen molar-refractivity contribution in [1.29, 1.82) is 0 Å². The Morgan fingerprint density at radius 1 is 1.54 bits per heavy atom. The van der Waals surface area contributed by atoms with Gasteiger partial charge < -0.3 is 14.4 Å². The van der Waals surface area contributed by atoms with E-state index in [0.717, 1.165) is 5.57 Å². The summed E-state index contributed by atoms with van der Waals surface area (Å²) in [6.07, 6.45) is 1.96. The molecule has 4 nitrogen and oxygen atoms in total. The van der Waals surface area contributed by atoms with E-state index in [0.29, 0.717) is 13.0 Å². The van der Waals surface area contributed by atoms with Crippen molar-refractivity contribution in [2.75, 3.05) is 20.7 Å². The molecular formula is C9H13NO3. The lowest BCUT2D eigenvalue weighted by atomic mass is 10.0. The molecule has 2 unspecified atom stereocenters. The van der Waals surface area contributed by atoms with Gasteiger partial charge in [-0.05, 0) is 0 Å². The van der Waals surface area contributed by atoms with Gasteiger partial charge in [0.15, 0.2) is 0 Å². The average Bonchev–Trinajstić information content (AvgIpc) is 2.44. The number of carbonyl (C=O) groups is 1. The van der Waals surface area contributed by atoms with Crippen LogP contribution in [0.3, 0.4) is 0 Å². The Balaban J connectivity index is 2.18. The Labute approximate surface area is 77.1 Å². The Kier molecular flexibility index (Phi) is 2.09. The van der Waals surface area contributed by atoms with E-state index in [4.69, 9.17) is 9.47 Å². The first-order valence-corrected chi connectivity index (χ1v) is 4.35. The van der Waals surface area contributed by atoms with Crippen molar-refractivity contribution in [3.63, 3.8) is 0 Å². The molecule has 0 saturated carbocycles. The molecule has 13 heavy (non-hydrogen) atoms. The summed E-state index contributed by atoms with van der Waals surface area (Å²) in [5.74, 6) is -0.0255. The highest BCUT2D eigenvalue weighted by molar-refractivity contribution is 5.98. The third kappa shape index (κ3) is 1.59. The van der Waals surface area contributed by atoms with E-state index in [-0.39, 0.29) is 11.9 Å². The van der Waals surface area contributed by atoms with Gasteiger partial charge in [-0.25, -0.2) is 0 Å². The zero-order valence-corrected chi connectivity index (χ0v) is 7.82. The molecule has 0 N–H and O–H groups in total. The lowest BCUT2D eigenvalue weighted by molar-refractivity contribution is -0.146. The van der Waals surface area contributed by atoms with Crippen LogP contribution in [-0.4, -0.2) is 43.8 Å². The summed E-state index contributed by atoms with van der Waals surface area (Å²) >= 11 is 0.